The number of aromatic carboxylic acids is 1. The van der Waals surface area contributed by atoms with E-state index >= 15 is 0 Å². The molecule has 1 heterocycles. The Morgan fingerprint density at radius 2 is 2.00 bits per heavy atom. The summed E-state index contributed by atoms with van der Waals surface area (Å²) in [6.07, 6.45) is 2.00. The average molecular weight is 249 g/mol. The number of thioether (sulfide) groups is 1. The van der Waals surface area contributed by atoms with Crippen molar-refractivity contribution >= 4 is 17.7 Å². The van der Waals surface area contributed by atoms with Crippen LogP contribution < -0.4 is 0 Å². The molecule has 0 spiro atoms. The zero-order valence-electron chi connectivity index (χ0n) is 9.41. The van der Waals surface area contributed by atoms with E-state index in [-0.39, 0.29) is 5.82 Å². The SMILES string of the molecule is CSc1ccc(-n2nc(C(=O)O)nc2C)cc1. The monoisotopic (exact) mass is 249 g/mol. The van der Waals surface area contributed by atoms with E-state index in [0.717, 1.165) is 10.6 Å². The van der Waals surface area contributed by atoms with Crippen molar-refractivity contribution in [2.45, 2.75) is 11.8 Å². The largest absolute Gasteiger partial charge is 0.475 e. The molecule has 0 aliphatic carbocycles. The van der Waals surface area contributed by atoms with Crippen LogP contribution in [0.1, 0.15) is 16.4 Å². The molecular formula is C11H11N3O2S. The van der Waals surface area contributed by atoms with Gasteiger partial charge < -0.3 is 5.11 Å². The topological polar surface area (TPSA) is 68.0 Å². The molecule has 88 valence electrons. The number of hydrogen-bond acceptors (Lipinski definition) is 4. The molecule has 5 nitrogen and oxygen atoms in total. The normalized spacial score (nSPS) is 10.5. The summed E-state index contributed by atoms with van der Waals surface area (Å²) in [5, 5.41) is 12.7. The van der Waals surface area contributed by atoms with E-state index in [4.69, 9.17) is 5.11 Å². The Bertz CT molecular complexity index is 548. The molecule has 17 heavy (non-hydrogen) atoms. The fourth-order valence-electron chi connectivity index (χ4n) is 1.45. The van der Waals surface area contributed by atoms with Gasteiger partial charge in [0.1, 0.15) is 5.82 Å². The fourth-order valence-corrected chi connectivity index (χ4v) is 1.86. The van der Waals surface area contributed by atoms with Gasteiger partial charge in [0.2, 0.25) is 0 Å². The van der Waals surface area contributed by atoms with Gasteiger partial charge >= 0.3 is 5.97 Å². The lowest BCUT2D eigenvalue weighted by Crippen LogP contribution is -2.02. The second-order valence-electron chi connectivity index (χ2n) is 3.40. The van der Waals surface area contributed by atoms with Gasteiger partial charge in [-0.1, -0.05) is 0 Å². The summed E-state index contributed by atoms with van der Waals surface area (Å²) >= 11 is 1.65. The lowest BCUT2D eigenvalue weighted by Gasteiger charge is -2.03. The Morgan fingerprint density at radius 1 is 1.35 bits per heavy atom. The molecule has 0 unspecified atom stereocenters. The quantitative estimate of drug-likeness (QED) is 0.842. The van der Waals surface area contributed by atoms with Gasteiger partial charge in [-0.2, -0.15) is 0 Å². The Balaban J connectivity index is 2.41. The molecule has 1 aromatic heterocycles. The number of benzene rings is 1. The zero-order chi connectivity index (χ0) is 12.4. The van der Waals surface area contributed by atoms with Gasteiger partial charge in [-0.25, -0.2) is 14.5 Å². The van der Waals surface area contributed by atoms with Crippen molar-refractivity contribution in [3.8, 4) is 5.69 Å². The van der Waals surface area contributed by atoms with Crippen molar-refractivity contribution in [3.63, 3.8) is 0 Å². The number of carboxylic acids is 1. The molecule has 0 bridgehead atoms. The van der Waals surface area contributed by atoms with Crippen LogP contribution in [0.2, 0.25) is 0 Å². The van der Waals surface area contributed by atoms with E-state index < -0.39 is 5.97 Å². The smallest absolute Gasteiger partial charge is 0.375 e. The van der Waals surface area contributed by atoms with E-state index in [1.165, 1.54) is 4.68 Å². The van der Waals surface area contributed by atoms with Crippen molar-refractivity contribution < 1.29 is 9.90 Å². The van der Waals surface area contributed by atoms with E-state index in [9.17, 15) is 4.79 Å². The molecule has 0 saturated carbocycles. The minimum absolute atomic E-state index is 0.184. The molecular weight excluding hydrogens is 238 g/mol. The summed E-state index contributed by atoms with van der Waals surface area (Å²) in [4.78, 5) is 15.8. The maximum atomic E-state index is 10.8. The van der Waals surface area contributed by atoms with Crippen LogP contribution in [-0.2, 0) is 0 Å². The maximum Gasteiger partial charge on any atom is 0.375 e. The standard InChI is InChI=1S/C11H11N3O2S/c1-7-12-10(11(15)16)13-14(7)8-3-5-9(17-2)6-4-8/h3-6H,1-2H3,(H,15,16). The van der Waals surface area contributed by atoms with E-state index in [2.05, 4.69) is 10.1 Å². The highest BCUT2D eigenvalue weighted by Crippen LogP contribution is 2.17. The average Bonchev–Trinajstić information content (AvgIpc) is 2.72. The Morgan fingerprint density at radius 3 is 2.47 bits per heavy atom. The number of nitrogens with zero attached hydrogens (tertiary/aromatic N) is 3. The minimum Gasteiger partial charge on any atom is -0.475 e. The first kappa shape index (κ1) is 11.7. The molecule has 1 N–H and O–H groups in total. The summed E-state index contributed by atoms with van der Waals surface area (Å²) in [5.74, 6) is -0.747. The lowest BCUT2D eigenvalue weighted by molar-refractivity contribution is 0.0683. The summed E-state index contributed by atoms with van der Waals surface area (Å²) in [6.45, 7) is 1.72. The van der Waals surface area contributed by atoms with Gasteiger partial charge in [0, 0.05) is 4.90 Å². The third-order valence-electron chi connectivity index (χ3n) is 2.28. The van der Waals surface area contributed by atoms with Gasteiger partial charge in [0.15, 0.2) is 0 Å². The van der Waals surface area contributed by atoms with Gasteiger partial charge in [0.05, 0.1) is 5.69 Å². The third kappa shape index (κ3) is 2.31. The molecule has 0 aliphatic rings. The van der Waals surface area contributed by atoms with E-state index in [1.807, 2.05) is 30.5 Å². The lowest BCUT2D eigenvalue weighted by atomic mass is 10.3. The van der Waals surface area contributed by atoms with Gasteiger partial charge in [-0.05, 0) is 37.4 Å². The number of hydrogen-bond donors (Lipinski definition) is 1. The third-order valence-corrected chi connectivity index (χ3v) is 3.02. The zero-order valence-corrected chi connectivity index (χ0v) is 10.2. The Hall–Kier alpha value is -1.82. The number of carbonyl (C=O) groups is 1. The molecule has 0 amide bonds. The Labute approximate surface area is 102 Å². The highest BCUT2D eigenvalue weighted by Gasteiger charge is 2.13. The number of carboxylic acid groups (broad SMARTS) is 1. The second-order valence-corrected chi connectivity index (χ2v) is 4.28. The van der Waals surface area contributed by atoms with Gasteiger partial charge in [-0.3, -0.25) is 0 Å². The summed E-state index contributed by atoms with van der Waals surface area (Å²) in [6, 6.07) is 7.70. The van der Waals surface area contributed by atoms with E-state index in [0.29, 0.717) is 5.82 Å². The summed E-state index contributed by atoms with van der Waals surface area (Å²) in [7, 11) is 0. The van der Waals surface area contributed by atoms with Crippen molar-refractivity contribution in [1.29, 1.82) is 0 Å². The van der Waals surface area contributed by atoms with Crippen LogP contribution in [0.15, 0.2) is 29.2 Å². The van der Waals surface area contributed by atoms with Crippen LogP contribution in [0, 0.1) is 6.92 Å². The minimum atomic E-state index is -1.12. The van der Waals surface area contributed by atoms with Crippen molar-refractivity contribution in [1.82, 2.24) is 14.8 Å². The first-order chi connectivity index (χ1) is 8.11. The highest BCUT2D eigenvalue weighted by atomic mass is 32.2. The summed E-state index contributed by atoms with van der Waals surface area (Å²) in [5.41, 5.74) is 0.806. The van der Waals surface area contributed by atoms with E-state index in [1.54, 1.807) is 18.7 Å². The van der Waals surface area contributed by atoms with Gasteiger partial charge in [0.25, 0.3) is 5.82 Å². The number of rotatable bonds is 3. The molecule has 1 aromatic carbocycles. The maximum absolute atomic E-state index is 10.8. The van der Waals surface area contributed by atoms with Crippen LogP contribution in [0.4, 0.5) is 0 Å². The van der Waals surface area contributed by atoms with Gasteiger partial charge in [-0.15, -0.1) is 16.9 Å². The van der Waals surface area contributed by atoms with Crippen LogP contribution in [0.3, 0.4) is 0 Å². The molecule has 2 rings (SSSR count). The molecule has 0 atom stereocenters. The highest BCUT2D eigenvalue weighted by molar-refractivity contribution is 7.98. The Kier molecular flexibility index (Phi) is 3.14. The second kappa shape index (κ2) is 4.58. The van der Waals surface area contributed by atoms with Crippen molar-refractivity contribution in [3.05, 3.63) is 35.9 Å². The van der Waals surface area contributed by atoms with Crippen molar-refractivity contribution in [2.75, 3.05) is 6.26 Å². The molecule has 0 saturated heterocycles. The predicted octanol–water partition coefficient (Wildman–Crippen LogP) is 2.00. The summed E-state index contributed by atoms with van der Waals surface area (Å²) < 4.78 is 1.52. The molecule has 2 aromatic rings. The molecule has 0 radical (unpaired) electrons. The van der Waals surface area contributed by atoms with Crippen LogP contribution in [-0.4, -0.2) is 32.1 Å². The molecule has 6 heteroatoms. The first-order valence-corrected chi connectivity index (χ1v) is 6.15. The predicted molar refractivity (Wildman–Crippen MR) is 64.8 cm³/mol. The molecule has 0 fully saturated rings. The van der Waals surface area contributed by atoms with Crippen molar-refractivity contribution in [2.24, 2.45) is 0 Å². The van der Waals surface area contributed by atoms with Crippen LogP contribution >= 0.6 is 11.8 Å². The number of aromatic nitrogens is 3. The van der Waals surface area contributed by atoms with Crippen LogP contribution in [0.5, 0.6) is 0 Å². The number of aryl methyl sites for hydroxylation is 1. The molecule has 0 aliphatic heterocycles. The van der Waals surface area contributed by atoms with Crippen LogP contribution in [0.25, 0.3) is 5.69 Å². The fraction of sp³-hybridized carbons (Fsp3) is 0.182. The first-order valence-electron chi connectivity index (χ1n) is 4.93.